The fourth-order valence-corrected chi connectivity index (χ4v) is 3.94. The van der Waals surface area contributed by atoms with Gasteiger partial charge in [-0.2, -0.15) is 0 Å². The lowest BCUT2D eigenvalue weighted by Crippen LogP contribution is -2.40. The Morgan fingerprint density at radius 1 is 1.00 bits per heavy atom. The van der Waals surface area contributed by atoms with Crippen molar-refractivity contribution in [3.05, 3.63) is 99.8 Å². The minimum absolute atomic E-state index is 0.116. The second-order valence-corrected chi connectivity index (χ2v) is 8.06. The Balaban J connectivity index is 1.76. The maximum absolute atomic E-state index is 13.4. The zero-order chi connectivity index (χ0) is 23.1. The largest absolute Gasteiger partial charge is 0.354 e. The molecule has 32 heavy (non-hydrogen) atoms. The number of benzene rings is 3. The van der Waals surface area contributed by atoms with E-state index in [4.69, 9.17) is 23.2 Å². The van der Waals surface area contributed by atoms with Gasteiger partial charge >= 0.3 is 0 Å². The van der Waals surface area contributed by atoms with Crippen LogP contribution in [0.15, 0.2) is 72.8 Å². The number of nitrogens with zero attached hydrogens (tertiary/aromatic N) is 1. The number of rotatable bonds is 8. The van der Waals surface area contributed by atoms with Gasteiger partial charge in [0.05, 0.1) is 16.5 Å². The SMILES string of the molecule is CCC(C(=O)NCCN(C(=O)c1ccc(Cl)cc1Cl)c1ccc(F)cc1)c1ccccc1. The van der Waals surface area contributed by atoms with E-state index in [0.29, 0.717) is 17.1 Å². The van der Waals surface area contributed by atoms with E-state index in [9.17, 15) is 14.0 Å². The van der Waals surface area contributed by atoms with E-state index in [1.54, 1.807) is 12.1 Å². The molecule has 1 atom stereocenters. The molecule has 3 aromatic rings. The predicted molar refractivity (Wildman–Crippen MR) is 127 cm³/mol. The molecule has 0 aliphatic carbocycles. The average Bonchev–Trinajstić information content (AvgIpc) is 2.78. The van der Waals surface area contributed by atoms with Crippen LogP contribution in [0.5, 0.6) is 0 Å². The molecule has 3 aromatic carbocycles. The molecule has 0 radical (unpaired) electrons. The van der Waals surface area contributed by atoms with E-state index in [0.717, 1.165) is 5.56 Å². The van der Waals surface area contributed by atoms with E-state index >= 15 is 0 Å². The van der Waals surface area contributed by atoms with Crippen LogP contribution in [0.2, 0.25) is 10.0 Å². The van der Waals surface area contributed by atoms with Gasteiger partial charge in [-0.25, -0.2) is 4.39 Å². The number of carbonyl (C=O) groups is 2. The minimum Gasteiger partial charge on any atom is -0.354 e. The topological polar surface area (TPSA) is 49.4 Å². The third-order valence-electron chi connectivity index (χ3n) is 5.11. The summed E-state index contributed by atoms with van der Waals surface area (Å²) < 4.78 is 13.4. The lowest BCUT2D eigenvalue weighted by atomic mass is 9.96. The normalized spacial score (nSPS) is 11.6. The summed E-state index contributed by atoms with van der Waals surface area (Å²) in [7, 11) is 0. The molecular weight excluding hydrogens is 450 g/mol. The van der Waals surface area contributed by atoms with Crippen molar-refractivity contribution in [1.82, 2.24) is 5.32 Å². The molecule has 7 heteroatoms. The molecule has 0 heterocycles. The van der Waals surface area contributed by atoms with Crippen molar-refractivity contribution in [2.45, 2.75) is 19.3 Å². The molecule has 3 rings (SSSR count). The molecule has 4 nitrogen and oxygen atoms in total. The molecule has 0 fully saturated rings. The van der Waals surface area contributed by atoms with Crippen molar-refractivity contribution in [2.24, 2.45) is 0 Å². The molecule has 2 amide bonds. The van der Waals surface area contributed by atoms with Gasteiger partial charge in [0.25, 0.3) is 5.91 Å². The Labute approximate surface area is 197 Å². The maximum atomic E-state index is 13.4. The van der Waals surface area contributed by atoms with Crippen LogP contribution in [0.3, 0.4) is 0 Å². The van der Waals surface area contributed by atoms with Crippen LogP contribution in [0.4, 0.5) is 10.1 Å². The molecular formula is C25H23Cl2FN2O2. The fraction of sp³-hybridized carbons (Fsp3) is 0.200. The van der Waals surface area contributed by atoms with Crippen molar-refractivity contribution in [2.75, 3.05) is 18.0 Å². The van der Waals surface area contributed by atoms with Crippen molar-refractivity contribution < 1.29 is 14.0 Å². The van der Waals surface area contributed by atoms with Crippen molar-refractivity contribution in [1.29, 1.82) is 0 Å². The van der Waals surface area contributed by atoms with Gasteiger partial charge < -0.3 is 10.2 Å². The first-order chi connectivity index (χ1) is 15.4. The molecule has 0 aliphatic rings. The Bertz CT molecular complexity index is 1080. The van der Waals surface area contributed by atoms with Crippen molar-refractivity contribution in [3.8, 4) is 0 Å². The van der Waals surface area contributed by atoms with Gasteiger partial charge in [-0.3, -0.25) is 9.59 Å². The lowest BCUT2D eigenvalue weighted by molar-refractivity contribution is -0.122. The summed E-state index contributed by atoms with van der Waals surface area (Å²) in [6, 6.07) is 19.7. The second-order valence-electron chi connectivity index (χ2n) is 7.22. The van der Waals surface area contributed by atoms with Crippen LogP contribution in [-0.4, -0.2) is 24.9 Å². The molecule has 0 bridgehead atoms. The highest BCUT2D eigenvalue weighted by Crippen LogP contribution is 2.25. The van der Waals surface area contributed by atoms with Crippen LogP contribution in [0.25, 0.3) is 0 Å². The lowest BCUT2D eigenvalue weighted by Gasteiger charge is -2.24. The van der Waals surface area contributed by atoms with E-state index in [2.05, 4.69) is 5.32 Å². The number of hydrogen-bond donors (Lipinski definition) is 1. The summed E-state index contributed by atoms with van der Waals surface area (Å²) in [5, 5.41) is 3.54. The summed E-state index contributed by atoms with van der Waals surface area (Å²) in [4.78, 5) is 27.5. The third kappa shape index (κ3) is 5.87. The van der Waals surface area contributed by atoms with Gasteiger partial charge in [0.1, 0.15) is 5.82 Å². The Hall–Kier alpha value is -2.89. The minimum atomic E-state index is -0.410. The Morgan fingerprint density at radius 3 is 2.31 bits per heavy atom. The zero-order valence-electron chi connectivity index (χ0n) is 17.5. The number of halogens is 3. The predicted octanol–water partition coefficient (Wildman–Crippen LogP) is 6.09. The molecule has 0 aromatic heterocycles. The van der Waals surface area contributed by atoms with Gasteiger partial charge in [-0.05, 0) is 54.4 Å². The highest BCUT2D eigenvalue weighted by molar-refractivity contribution is 6.37. The van der Waals surface area contributed by atoms with Gasteiger partial charge in [0.2, 0.25) is 5.91 Å². The number of nitrogens with one attached hydrogen (secondary N) is 1. The van der Waals surface area contributed by atoms with Gasteiger partial charge in [-0.1, -0.05) is 60.5 Å². The van der Waals surface area contributed by atoms with Gasteiger partial charge in [0, 0.05) is 23.8 Å². The number of anilines is 1. The Kier molecular flexibility index (Phi) is 8.26. The summed E-state index contributed by atoms with van der Waals surface area (Å²) in [5.41, 5.74) is 1.70. The van der Waals surface area contributed by atoms with Crippen LogP contribution in [-0.2, 0) is 4.79 Å². The van der Waals surface area contributed by atoms with Crippen LogP contribution >= 0.6 is 23.2 Å². The van der Waals surface area contributed by atoms with E-state index < -0.39 is 5.82 Å². The van der Waals surface area contributed by atoms with Crippen LogP contribution in [0, 0.1) is 5.82 Å². The first-order valence-electron chi connectivity index (χ1n) is 10.3. The van der Waals surface area contributed by atoms with E-state index in [-0.39, 0.29) is 41.4 Å². The average molecular weight is 473 g/mol. The summed E-state index contributed by atoms with van der Waals surface area (Å²) in [6.07, 6.45) is 0.650. The first kappa shape index (κ1) is 23.8. The molecule has 0 spiro atoms. The zero-order valence-corrected chi connectivity index (χ0v) is 19.0. The molecule has 1 N–H and O–H groups in total. The maximum Gasteiger partial charge on any atom is 0.259 e. The van der Waals surface area contributed by atoms with Gasteiger partial charge in [0.15, 0.2) is 0 Å². The van der Waals surface area contributed by atoms with Crippen molar-refractivity contribution >= 4 is 40.7 Å². The van der Waals surface area contributed by atoms with Gasteiger partial charge in [-0.15, -0.1) is 0 Å². The highest BCUT2D eigenvalue weighted by atomic mass is 35.5. The number of carbonyl (C=O) groups excluding carboxylic acids is 2. The monoisotopic (exact) mass is 472 g/mol. The second kappa shape index (κ2) is 11.1. The summed E-state index contributed by atoms with van der Waals surface area (Å²) in [5.74, 6) is -1.18. The number of amides is 2. The Morgan fingerprint density at radius 2 is 1.69 bits per heavy atom. The quantitative estimate of drug-likeness (QED) is 0.431. The molecule has 0 saturated heterocycles. The fourth-order valence-electron chi connectivity index (χ4n) is 3.45. The first-order valence-corrected chi connectivity index (χ1v) is 11.0. The van der Waals surface area contributed by atoms with E-state index in [1.165, 1.54) is 35.2 Å². The van der Waals surface area contributed by atoms with Crippen molar-refractivity contribution in [3.63, 3.8) is 0 Å². The molecule has 0 saturated carbocycles. The third-order valence-corrected chi connectivity index (χ3v) is 5.65. The molecule has 0 aliphatic heterocycles. The van der Waals surface area contributed by atoms with Crippen LogP contribution in [0.1, 0.15) is 35.2 Å². The molecule has 166 valence electrons. The highest BCUT2D eigenvalue weighted by Gasteiger charge is 2.22. The summed E-state index contributed by atoms with van der Waals surface area (Å²) in [6.45, 7) is 2.35. The molecule has 1 unspecified atom stereocenters. The number of hydrogen-bond acceptors (Lipinski definition) is 2. The summed E-state index contributed by atoms with van der Waals surface area (Å²) >= 11 is 12.2. The van der Waals surface area contributed by atoms with E-state index in [1.807, 2.05) is 37.3 Å². The smallest absolute Gasteiger partial charge is 0.259 e. The standard InChI is InChI=1S/C25H23Cl2FN2O2/c1-2-21(17-6-4-3-5-7-17)24(31)29-14-15-30(20-11-9-19(28)10-12-20)25(32)22-13-8-18(26)16-23(22)27/h3-13,16,21H,2,14-15H2,1H3,(H,29,31). The van der Waals surface area contributed by atoms with Crippen LogP contribution < -0.4 is 10.2 Å².